The minimum absolute atomic E-state index is 0.264. The average molecular weight is 166 g/mol. The van der Waals surface area contributed by atoms with E-state index in [9.17, 15) is 0 Å². The topological polar surface area (TPSA) is 56.7 Å². The Bertz CT molecular complexity index is 227. The Kier molecular flexibility index (Phi) is 2.08. The van der Waals surface area contributed by atoms with E-state index >= 15 is 0 Å². The van der Waals surface area contributed by atoms with Crippen molar-refractivity contribution in [1.29, 1.82) is 0 Å². The van der Waals surface area contributed by atoms with Crippen molar-refractivity contribution < 1.29 is 0 Å². The van der Waals surface area contributed by atoms with E-state index in [0.29, 0.717) is 5.92 Å². The van der Waals surface area contributed by atoms with Crippen molar-refractivity contribution >= 4 is 0 Å². The zero-order chi connectivity index (χ0) is 8.39. The summed E-state index contributed by atoms with van der Waals surface area (Å²) in [5.41, 5.74) is 5.98. The standard InChI is InChI=1S/C8H14N4/c9-8(7-2-1-3-7)4-12-6-10-5-11-12/h5-8H,1-4,9H2. The second-order valence-corrected chi connectivity index (χ2v) is 3.47. The molecule has 1 saturated carbocycles. The lowest BCUT2D eigenvalue weighted by molar-refractivity contribution is 0.240. The first-order valence-electron chi connectivity index (χ1n) is 4.44. The molecule has 0 aliphatic heterocycles. The van der Waals surface area contributed by atoms with Gasteiger partial charge in [0.2, 0.25) is 0 Å². The van der Waals surface area contributed by atoms with Gasteiger partial charge in [-0.3, -0.25) is 4.68 Å². The van der Waals surface area contributed by atoms with Gasteiger partial charge in [-0.25, -0.2) is 4.98 Å². The first-order valence-corrected chi connectivity index (χ1v) is 4.44. The second-order valence-electron chi connectivity index (χ2n) is 3.47. The maximum absolute atomic E-state index is 5.98. The van der Waals surface area contributed by atoms with Gasteiger partial charge in [-0.15, -0.1) is 0 Å². The molecule has 0 spiro atoms. The highest BCUT2D eigenvalue weighted by Crippen LogP contribution is 2.28. The third kappa shape index (κ3) is 1.48. The van der Waals surface area contributed by atoms with Gasteiger partial charge in [0.05, 0.1) is 6.54 Å². The van der Waals surface area contributed by atoms with Crippen LogP contribution >= 0.6 is 0 Å². The first-order chi connectivity index (χ1) is 5.86. The van der Waals surface area contributed by atoms with E-state index in [2.05, 4.69) is 10.1 Å². The summed E-state index contributed by atoms with van der Waals surface area (Å²) in [4.78, 5) is 3.87. The van der Waals surface area contributed by atoms with Gasteiger partial charge in [-0.05, 0) is 18.8 Å². The van der Waals surface area contributed by atoms with Crippen LogP contribution in [0.25, 0.3) is 0 Å². The molecular formula is C8H14N4. The number of nitrogens with zero attached hydrogens (tertiary/aromatic N) is 3. The molecule has 4 heteroatoms. The molecule has 1 fully saturated rings. The van der Waals surface area contributed by atoms with Crippen LogP contribution in [-0.2, 0) is 6.54 Å². The fourth-order valence-electron chi connectivity index (χ4n) is 1.56. The molecule has 2 N–H and O–H groups in total. The van der Waals surface area contributed by atoms with Crippen LogP contribution in [0.1, 0.15) is 19.3 Å². The Hall–Kier alpha value is -0.900. The first kappa shape index (κ1) is 7.73. The molecular weight excluding hydrogens is 152 g/mol. The van der Waals surface area contributed by atoms with Crippen molar-refractivity contribution in [3.8, 4) is 0 Å². The minimum atomic E-state index is 0.264. The van der Waals surface area contributed by atoms with Crippen molar-refractivity contribution in [3.05, 3.63) is 12.7 Å². The summed E-state index contributed by atoms with van der Waals surface area (Å²) in [5.74, 6) is 0.717. The fraction of sp³-hybridized carbons (Fsp3) is 0.750. The molecule has 0 amide bonds. The van der Waals surface area contributed by atoms with Crippen molar-refractivity contribution in [2.24, 2.45) is 11.7 Å². The molecule has 4 nitrogen and oxygen atoms in total. The van der Waals surface area contributed by atoms with Gasteiger partial charge >= 0.3 is 0 Å². The highest BCUT2D eigenvalue weighted by Gasteiger charge is 2.24. The van der Waals surface area contributed by atoms with E-state index in [4.69, 9.17) is 5.73 Å². The van der Waals surface area contributed by atoms with Gasteiger partial charge in [0.25, 0.3) is 0 Å². The third-order valence-electron chi connectivity index (χ3n) is 2.62. The van der Waals surface area contributed by atoms with Gasteiger partial charge in [0, 0.05) is 6.04 Å². The van der Waals surface area contributed by atoms with Crippen LogP contribution in [-0.4, -0.2) is 20.8 Å². The Balaban J connectivity index is 1.86. The number of rotatable bonds is 3. The van der Waals surface area contributed by atoms with E-state index in [-0.39, 0.29) is 6.04 Å². The predicted molar refractivity (Wildman–Crippen MR) is 45.3 cm³/mol. The predicted octanol–water partition coefficient (Wildman–Crippen LogP) is 0.405. The SMILES string of the molecule is NC(Cn1cncn1)C1CCC1. The van der Waals surface area contributed by atoms with E-state index in [1.54, 1.807) is 12.7 Å². The van der Waals surface area contributed by atoms with Gasteiger partial charge in [-0.1, -0.05) is 6.42 Å². The molecule has 1 heterocycles. The normalized spacial score (nSPS) is 20.4. The monoisotopic (exact) mass is 166 g/mol. The Morgan fingerprint density at radius 3 is 2.92 bits per heavy atom. The summed E-state index contributed by atoms with van der Waals surface area (Å²) in [6.07, 6.45) is 7.19. The van der Waals surface area contributed by atoms with Crippen LogP contribution in [0.3, 0.4) is 0 Å². The summed E-state index contributed by atoms with van der Waals surface area (Å²) < 4.78 is 1.81. The molecule has 12 heavy (non-hydrogen) atoms. The highest BCUT2D eigenvalue weighted by molar-refractivity contribution is 4.80. The number of aromatic nitrogens is 3. The van der Waals surface area contributed by atoms with E-state index in [1.165, 1.54) is 19.3 Å². The summed E-state index contributed by atoms with van der Waals surface area (Å²) in [6.45, 7) is 0.810. The van der Waals surface area contributed by atoms with Crippen molar-refractivity contribution in [2.45, 2.75) is 31.8 Å². The van der Waals surface area contributed by atoms with Crippen molar-refractivity contribution in [2.75, 3.05) is 0 Å². The van der Waals surface area contributed by atoms with Crippen LogP contribution in [0.15, 0.2) is 12.7 Å². The third-order valence-corrected chi connectivity index (χ3v) is 2.62. The van der Waals surface area contributed by atoms with E-state index < -0.39 is 0 Å². The number of nitrogens with two attached hydrogens (primary N) is 1. The molecule has 0 bridgehead atoms. The fourth-order valence-corrected chi connectivity index (χ4v) is 1.56. The smallest absolute Gasteiger partial charge is 0.137 e. The van der Waals surface area contributed by atoms with Crippen LogP contribution in [0.4, 0.5) is 0 Å². The summed E-state index contributed by atoms with van der Waals surface area (Å²) in [5, 5.41) is 4.02. The maximum Gasteiger partial charge on any atom is 0.137 e. The summed E-state index contributed by atoms with van der Waals surface area (Å²) >= 11 is 0. The Labute approximate surface area is 71.8 Å². The molecule has 1 aliphatic rings. The van der Waals surface area contributed by atoms with Crippen molar-refractivity contribution in [3.63, 3.8) is 0 Å². The molecule has 1 aromatic heterocycles. The Morgan fingerprint density at radius 2 is 2.42 bits per heavy atom. The van der Waals surface area contributed by atoms with Crippen LogP contribution in [0.2, 0.25) is 0 Å². The largest absolute Gasteiger partial charge is 0.326 e. The molecule has 1 unspecified atom stereocenters. The zero-order valence-corrected chi connectivity index (χ0v) is 7.06. The highest BCUT2D eigenvalue weighted by atomic mass is 15.3. The molecule has 0 radical (unpaired) electrons. The Morgan fingerprint density at radius 1 is 1.58 bits per heavy atom. The number of hydrogen-bond acceptors (Lipinski definition) is 3. The van der Waals surface area contributed by atoms with Gasteiger partial charge in [0.15, 0.2) is 0 Å². The second kappa shape index (κ2) is 3.23. The molecule has 66 valence electrons. The minimum Gasteiger partial charge on any atom is -0.326 e. The van der Waals surface area contributed by atoms with Gasteiger partial charge < -0.3 is 5.73 Å². The summed E-state index contributed by atoms with van der Waals surface area (Å²) in [6, 6.07) is 0.264. The average Bonchev–Trinajstić information content (AvgIpc) is 2.34. The lowest BCUT2D eigenvalue weighted by atomic mass is 9.80. The van der Waals surface area contributed by atoms with Gasteiger partial charge in [-0.2, -0.15) is 5.10 Å². The number of hydrogen-bond donors (Lipinski definition) is 1. The molecule has 1 atom stereocenters. The maximum atomic E-state index is 5.98. The van der Waals surface area contributed by atoms with E-state index in [0.717, 1.165) is 6.54 Å². The lowest BCUT2D eigenvalue weighted by Crippen LogP contribution is -2.38. The van der Waals surface area contributed by atoms with Crippen molar-refractivity contribution in [1.82, 2.24) is 14.8 Å². The molecule has 2 rings (SSSR count). The molecule has 1 aromatic rings. The molecule has 0 saturated heterocycles. The quantitative estimate of drug-likeness (QED) is 0.707. The zero-order valence-electron chi connectivity index (χ0n) is 7.06. The molecule has 1 aliphatic carbocycles. The van der Waals surface area contributed by atoms with Crippen LogP contribution in [0, 0.1) is 5.92 Å². The lowest BCUT2D eigenvalue weighted by Gasteiger charge is -2.30. The van der Waals surface area contributed by atoms with Crippen LogP contribution < -0.4 is 5.73 Å². The molecule has 0 aromatic carbocycles. The van der Waals surface area contributed by atoms with Crippen LogP contribution in [0.5, 0.6) is 0 Å². The van der Waals surface area contributed by atoms with Gasteiger partial charge in [0.1, 0.15) is 12.7 Å². The van der Waals surface area contributed by atoms with E-state index in [1.807, 2.05) is 4.68 Å². The summed E-state index contributed by atoms with van der Waals surface area (Å²) in [7, 11) is 0.